The number of nitrogens with one attached hydrogen (secondary N) is 2. The minimum absolute atomic E-state index is 0.0773. The minimum atomic E-state index is -3.81. The molecule has 0 heterocycles. The zero-order valence-corrected chi connectivity index (χ0v) is 13.5. The van der Waals surface area contributed by atoms with Gasteiger partial charge in [-0.3, -0.25) is 4.79 Å². The van der Waals surface area contributed by atoms with Gasteiger partial charge in [0, 0.05) is 5.69 Å². The number of hydrogen-bond donors (Lipinski definition) is 2. The van der Waals surface area contributed by atoms with E-state index in [2.05, 4.69) is 10.0 Å². The van der Waals surface area contributed by atoms with E-state index in [1.165, 1.54) is 37.3 Å². The summed E-state index contributed by atoms with van der Waals surface area (Å²) in [5, 5.41) is 2.46. The van der Waals surface area contributed by atoms with Crippen molar-refractivity contribution in [2.24, 2.45) is 0 Å². The van der Waals surface area contributed by atoms with Crippen molar-refractivity contribution in [2.75, 3.05) is 5.32 Å². The Morgan fingerprint density at radius 3 is 2.39 bits per heavy atom. The van der Waals surface area contributed by atoms with Crippen LogP contribution in [0.1, 0.15) is 12.5 Å². The molecular weight excluding hydrogens is 319 g/mol. The summed E-state index contributed by atoms with van der Waals surface area (Å²) in [5.41, 5.74) is 1.19. The second-order valence-corrected chi connectivity index (χ2v) is 6.87. The normalized spacial score (nSPS) is 12.7. The van der Waals surface area contributed by atoms with Crippen LogP contribution in [0.4, 0.5) is 10.1 Å². The van der Waals surface area contributed by atoms with Gasteiger partial charge in [0.2, 0.25) is 15.9 Å². The van der Waals surface area contributed by atoms with E-state index in [1.54, 1.807) is 12.1 Å². The van der Waals surface area contributed by atoms with E-state index in [4.69, 9.17) is 0 Å². The highest BCUT2D eigenvalue weighted by atomic mass is 32.2. The SMILES string of the molecule is Cc1ccc(S(=O)(=O)N[C@@H](C)C(=O)Nc2cccc(F)c2)cc1. The van der Waals surface area contributed by atoms with Gasteiger partial charge in [-0.25, -0.2) is 12.8 Å². The third-order valence-corrected chi connectivity index (χ3v) is 4.71. The molecule has 0 aromatic heterocycles. The maximum Gasteiger partial charge on any atom is 0.242 e. The highest BCUT2D eigenvalue weighted by molar-refractivity contribution is 7.89. The third-order valence-electron chi connectivity index (χ3n) is 3.15. The lowest BCUT2D eigenvalue weighted by Gasteiger charge is -2.14. The van der Waals surface area contributed by atoms with E-state index in [0.717, 1.165) is 11.6 Å². The predicted octanol–water partition coefficient (Wildman–Crippen LogP) is 2.44. The number of sulfonamides is 1. The summed E-state index contributed by atoms with van der Waals surface area (Å²) in [5.74, 6) is -1.07. The molecule has 2 aromatic carbocycles. The van der Waals surface area contributed by atoms with Gasteiger partial charge in [-0.05, 0) is 44.2 Å². The molecule has 0 saturated heterocycles. The van der Waals surface area contributed by atoms with Crippen molar-refractivity contribution >= 4 is 21.6 Å². The number of aryl methyl sites for hydroxylation is 1. The second-order valence-electron chi connectivity index (χ2n) is 5.16. The van der Waals surface area contributed by atoms with Crippen molar-refractivity contribution in [2.45, 2.75) is 24.8 Å². The lowest BCUT2D eigenvalue weighted by atomic mass is 10.2. The molecule has 2 N–H and O–H groups in total. The molecule has 5 nitrogen and oxygen atoms in total. The van der Waals surface area contributed by atoms with Crippen LogP contribution in [0.5, 0.6) is 0 Å². The van der Waals surface area contributed by atoms with E-state index in [9.17, 15) is 17.6 Å². The number of amides is 1. The number of carbonyl (C=O) groups excluding carboxylic acids is 1. The van der Waals surface area contributed by atoms with E-state index in [-0.39, 0.29) is 10.6 Å². The van der Waals surface area contributed by atoms with E-state index in [1.807, 2.05) is 6.92 Å². The molecule has 1 atom stereocenters. The standard InChI is InChI=1S/C16H17FN2O3S/c1-11-6-8-15(9-7-11)23(21,22)19-12(2)16(20)18-14-5-3-4-13(17)10-14/h3-10,12,19H,1-2H3,(H,18,20)/t12-/m0/s1. The van der Waals surface area contributed by atoms with Crippen molar-refractivity contribution in [3.8, 4) is 0 Å². The Labute approximate surface area is 134 Å². The van der Waals surface area contributed by atoms with E-state index in [0.29, 0.717) is 0 Å². The summed E-state index contributed by atoms with van der Waals surface area (Å²) in [6, 6.07) is 10.6. The molecule has 2 aromatic rings. The highest BCUT2D eigenvalue weighted by Crippen LogP contribution is 2.12. The smallest absolute Gasteiger partial charge is 0.242 e. The zero-order valence-electron chi connectivity index (χ0n) is 12.7. The number of anilines is 1. The van der Waals surface area contributed by atoms with Crippen LogP contribution in [0.15, 0.2) is 53.4 Å². The molecular formula is C16H17FN2O3S. The summed E-state index contributed by atoms with van der Waals surface area (Å²) in [4.78, 5) is 12.1. The average molecular weight is 336 g/mol. The first-order valence-electron chi connectivity index (χ1n) is 6.93. The maximum absolute atomic E-state index is 13.1. The molecule has 0 aliphatic carbocycles. The second kappa shape index (κ2) is 6.89. The van der Waals surface area contributed by atoms with E-state index >= 15 is 0 Å². The molecule has 0 fully saturated rings. The summed E-state index contributed by atoms with van der Waals surface area (Å²) < 4.78 is 39.8. The van der Waals surface area contributed by atoms with Gasteiger partial charge in [0.15, 0.2) is 0 Å². The Morgan fingerprint density at radius 2 is 1.78 bits per heavy atom. The van der Waals surface area contributed by atoms with Gasteiger partial charge < -0.3 is 5.32 Å². The first-order valence-corrected chi connectivity index (χ1v) is 8.42. The Kier molecular flexibility index (Phi) is 5.12. The number of benzene rings is 2. The van der Waals surface area contributed by atoms with Gasteiger partial charge in [-0.15, -0.1) is 0 Å². The quantitative estimate of drug-likeness (QED) is 0.880. The van der Waals surface area contributed by atoms with Crippen LogP contribution in [-0.4, -0.2) is 20.4 Å². The van der Waals surface area contributed by atoms with Gasteiger partial charge >= 0.3 is 0 Å². The Hall–Kier alpha value is -2.25. The van der Waals surface area contributed by atoms with Crippen molar-refractivity contribution in [1.29, 1.82) is 0 Å². The summed E-state index contributed by atoms with van der Waals surface area (Å²) in [6.45, 7) is 3.26. The lowest BCUT2D eigenvalue weighted by molar-refractivity contribution is -0.117. The van der Waals surface area contributed by atoms with Crippen molar-refractivity contribution in [3.63, 3.8) is 0 Å². The molecule has 0 unspecified atom stereocenters. The fourth-order valence-corrected chi connectivity index (χ4v) is 3.09. The van der Waals surface area contributed by atoms with Crippen LogP contribution in [0, 0.1) is 12.7 Å². The lowest BCUT2D eigenvalue weighted by Crippen LogP contribution is -2.41. The Balaban J connectivity index is 2.06. The van der Waals surface area contributed by atoms with Crippen molar-refractivity contribution in [3.05, 3.63) is 59.9 Å². The average Bonchev–Trinajstić information content (AvgIpc) is 2.47. The van der Waals surface area contributed by atoms with Crippen LogP contribution in [0.2, 0.25) is 0 Å². The first-order chi connectivity index (χ1) is 10.8. The number of hydrogen-bond acceptors (Lipinski definition) is 3. The molecule has 1 amide bonds. The van der Waals surface area contributed by atoms with Gasteiger partial charge in [-0.1, -0.05) is 23.8 Å². The van der Waals surface area contributed by atoms with Crippen LogP contribution in [-0.2, 0) is 14.8 Å². The van der Waals surface area contributed by atoms with Crippen LogP contribution < -0.4 is 10.0 Å². The third kappa shape index (κ3) is 4.61. The summed E-state index contributed by atoms with van der Waals surface area (Å²) in [7, 11) is -3.81. The monoisotopic (exact) mass is 336 g/mol. The summed E-state index contributed by atoms with van der Waals surface area (Å²) >= 11 is 0. The maximum atomic E-state index is 13.1. The van der Waals surface area contributed by atoms with E-state index < -0.39 is 27.8 Å². The Bertz CT molecular complexity index is 804. The predicted molar refractivity (Wildman–Crippen MR) is 86.0 cm³/mol. The number of halogens is 1. The molecule has 0 bridgehead atoms. The first kappa shape index (κ1) is 17.1. The molecule has 0 aliphatic rings. The minimum Gasteiger partial charge on any atom is -0.325 e. The van der Waals surface area contributed by atoms with Crippen LogP contribution >= 0.6 is 0 Å². The van der Waals surface area contributed by atoms with Crippen LogP contribution in [0.3, 0.4) is 0 Å². The van der Waals surface area contributed by atoms with Gasteiger partial charge in [0.1, 0.15) is 5.82 Å². The molecule has 122 valence electrons. The largest absolute Gasteiger partial charge is 0.325 e. The summed E-state index contributed by atoms with van der Waals surface area (Å²) in [6.07, 6.45) is 0. The zero-order chi connectivity index (χ0) is 17.0. The fraction of sp³-hybridized carbons (Fsp3) is 0.188. The van der Waals surface area contributed by atoms with Gasteiger partial charge in [0.05, 0.1) is 10.9 Å². The van der Waals surface area contributed by atoms with Gasteiger partial charge in [0.25, 0.3) is 0 Å². The molecule has 0 saturated carbocycles. The van der Waals surface area contributed by atoms with Crippen LogP contribution in [0.25, 0.3) is 0 Å². The van der Waals surface area contributed by atoms with Crippen molar-refractivity contribution in [1.82, 2.24) is 4.72 Å². The topological polar surface area (TPSA) is 75.3 Å². The molecule has 23 heavy (non-hydrogen) atoms. The Morgan fingerprint density at radius 1 is 1.13 bits per heavy atom. The van der Waals surface area contributed by atoms with Gasteiger partial charge in [-0.2, -0.15) is 4.72 Å². The van der Waals surface area contributed by atoms with Crippen molar-refractivity contribution < 1.29 is 17.6 Å². The molecule has 2 rings (SSSR count). The molecule has 7 heteroatoms. The number of carbonyl (C=O) groups is 1. The fourth-order valence-electron chi connectivity index (χ4n) is 1.89. The molecule has 0 spiro atoms. The number of rotatable bonds is 5. The molecule has 0 aliphatic heterocycles. The highest BCUT2D eigenvalue weighted by Gasteiger charge is 2.22. The molecule has 0 radical (unpaired) electrons.